The first-order valence-corrected chi connectivity index (χ1v) is 5.70. The minimum absolute atomic E-state index is 0.224. The van der Waals surface area contributed by atoms with E-state index in [1.54, 1.807) is 9.36 Å². The number of hydrogen-bond acceptors (Lipinski definition) is 4. The van der Waals surface area contributed by atoms with Gasteiger partial charge < -0.3 is 5.73 Å². The summed E-state index contributed by atoms with van der Waals surface area (Å²) in [5, 5.41) is 8.90. The number of anilines is 1. The van der Waals surface area contributed by atoms with Gasteiger partial charge in [0, 0.05) is 7.05 Å². The van der Waals surface area contributed by atoms with Gasteiger partial charge in [0.1, 0.15) is 0 Å². The summed E-state index contributed by atoms with van der Waals surface area (Å²) in [6.45, 7) is 2.33. The standard InChI is InChI=1S/C8H10BrClN6/c1-4-6(10)5(15(2)13-4)3-16-7(9)12-8(11)14-16/h3H2,1-2H3,(H2,11,14). The van der Waals surface area contributed by atoms with Gasteiger partial charge in [-0.2, -0.15) is 10.1 Å². The molecule has 0 aliphatic heterocycles. The molecule has 0 aromatic carbocycles. The normalized spacial score (nSPS) is 11.0. The summed E-state index contributed by atoms with van der Waals surface area (Å²) in [7, 11) is 1.84. The highest BCUT2D eigenvalue weighted by Crippen LogP contribution is 2.21. The maximum Gasteiger partial charge on any atom is 0.240 e. The van der Waals surface area contributed by atoms with Gasteiger partial charge >= 0.3 is 0 Å². The minimum Gasteiger partial charge on any atom is -0.366 e. The van der Waals surface area contributed by atoms with Crippen molar-refractivity contribution in [3.63, 3.8) is 0 Å². The molecule has 0 aliphatic rings. The summed E-state index contributed by atoms with van der Waals surface area (Å²) in [4.78, 5) is 3.95. The molecule has 0 saturated carbocycles. The maximum absolute atomic E-state index is 6.13. The van der Waals surface area contributed by atoms with Crippen molar-refractivity contribution in [3.8, 4) is 0 Å². The van der Waals surface area contributed by atoms with Crippen LogP contribution in [0, 0.1) is 6.92 Å². The molecule has 0 bridgehead atoms. The van der Waals surface area contributed by atoms with Crippen molar-refractivity contribution in [2.75, 3.05) is 5.73 Å². The third-order valence-electron chi connectivity index (χ3n) is 2.20. The van der Waals surface area contributed by atoms with Gasteiger partial charge in [-0.25, -0.2) is 4.68 Å². The number of aromatic nitrogens is 5. The Labute approximate surface area is 106 Å². The first-order valence-electron chi connectivity index (χ1n) is 4.53. The molecule has 0 amide bonds. The van der Waals surface area contributed by atoms with Crippen molar-refractivity contribution in [3.05, 3.63) is 21.1 Å². The fraction of sp³-hybridized carbons (Fsp3) is 0.375. The summed E-state index contributed by atoms with van der Waals surface area (Å²) in [5.41, 5.74) is 7.15. The lowest BCUT2D eigenvalue weighted by Crippen LogP contribution is -2.08. The van der Waals surface area contributed by atoms with E-state index in [4.69, 9.17) is 17.3 Å². The zero-order valence-electron chi connectivity index (χ0n) is 8.78. The molecule has 2 aromatic rings. The Balaban J connectivity index is 2.37. The van der Waals surface area contributed by atoms with Gasteiger partial charge in [0.15, 0.2) is 4.73 Å². The molecule has 6 nitrogen and oxygen atoms in total. The van der Waals surface area contributed by atoms with Crippen molar-refractivity contribution in [1.82, 2.24) is 24.5 Å². The van der Waals surface area contributed by atoms with Crippen LogP contribution in [0.25, 0.3) is 0 Å². The van der Waals surface area contributed by atoms with E-state index in [1.807, 2.05) is 14.0 Å². The summed E-state index contributed by atoms with van der Waals surface area (Å²) in [5.74, 6) is 0.224. The molecule has 86 valence electrons. The van der Waals surface area contributed by atoms with Gasteiger partial charge in [0.05, 0.1) is 23.0 Å². The highest BCUT2D eigenvalue weighted by molar-refractivity contribution is 9.10. The average molecular weight is 306 g/mol. The Kier molecular flexibility index (Phi) is 2.90. The Morgan fingerprint density at radius 1 is 1.44 bits per heavy atom. The third-order valence-corrected chi connectivity index (χ3v) is 3.28. The van der Waals surface area contributed by atoms with E-state index in [0.717, 1.165) is 11.4 Å². The molecule has 2 aromatic heterocycles. The van der Waals surface area contributed by atoms with Gasteiger partial charge in [-0.05, 0) is 22.9 Å². The largest absolute Gasteiger partial charge is 0.366 e. The van der Waals surface area contributed by atoms with Crippen LogP contribution < -0.4 is 5.73 Å². The van der Waals surface area contributed by atoms with Gasteiger partial charge in [0.2, 0.25) is 5.95 Å². The van der Waals surface area contributed by atoms with E-state index < -0.39 is 0 Å². The van der Waals surface area contributed by atoms with Crippen LogP contribution in [0.1, 0.15) is 11.4 Å². The molecule has 0 atom stereocenters. The minimum atomic E-state index is 0.224. The van der Waals surface area contributed by atoms with E-state index in [1.165, 1.54) is 0 Å². The van der Waals surface area contributed by atoms with Crippen molar-refractivity contribution in [2.24, 2.45) is 7.05 Å². The SMILES string of the molecule is Cc1nn(C)c(Cn2nc(N)nc2Br)c1Cl. The van der Waals surface area contributed by atoms with Crippen LogP contribution in [0.5, 0.6) is 0 Å². The predicted octanol–water partition coefficient (Wildman–Crippen LogP) is 1.37. The van der Waals surface area contributed by atoms with Crippen LogP contribution in [0.3, 0.4) is 0 Å². The molecule has 0 radical (unpaired) electrons. The van der Waals surface area contributed by atoms with Crippen molar-refractivity contribution >= 4 is 33.5 Å². The molecule has 2 N–H and O–H groups in total. The molecule has 2 rings (SSSR count). The average Bonchev–Trinajstić information content (AvgIpc) is 2.62. The highest BCUT2D eigenvalue weighted by atomic mass is 79.9. The summed E-state index contributed by atoms with van der Waals surface area (Å²) in [6.07, 6.45) is 0. The molecule has 16 heavy (non-hydrogen) atoms. The molecule has 0 unspecified atom stereocenters. The first kappa shape index (κ1) is 11.4. The Bertz CT molecular complexity index is 531. The molecule has 0 saturated heterocycles. The second-order valence-electron chi connectivity index (χ2n) is 3.37. The van der Waals surface area contributed by atoms with Crippen LogP contribution in [0.2, 0.25) is 5.02 Å². The Morgan fingerprint density at radius 2 is 2.12 bits per heavy atom. The number of halogens is 2. The summed E-state index contributed by atoms with van der Waals surface area (Å²) < 4.78 is 3.92. The van der Waals surface area contributed by atoms with Crippen LogP contribution in [0.4, 0.5) is 5.95 Å². The number of hydrogen-bond donors (Lipinski definition) is 1. The molecular weight excluding hydrogens is 295 g/mol. The van der Waals surface area contributed by atoms with Crippen LogP contribution >= 0.6 is 27.5 Å². The second-order valence-corrected chi connectivity index (χ2v) is 4.45. The van der Waals surface area contributed by atoms with E-state index in [0.29, 0.717) is 16.3 Å². The topological polar surface area (TPSA) is 74.5 Å². The predicted molar refractivity (Wildman–Crippen MR) is 64.2 cm³/mol. The van der Waals surface area contributed by atoms with Gasteiger partial charge in [-0.15, -0.1) is 5.10 Å². The molecule has 2 heterocycles. The molecule has 0 spiro atoms. The fourth-order valence-corrected chi connectivity index (χ4v) is 2.04. The molecule has 8 heteroatoms. The van der Waals surface area contributed by atoms with Crippen molar-refractivity contribution in [1.29, 1.82) is 0 Å². The molecular formula is C8H10BrClN6. The lowest BCUT2D eigenvalue weighted by atomic mass is 10.3. The maximum atomic E-state index is 6.13. The lowest BCUT2D eigenvalue weighted by molar-refractivity contribution is 0.609. The lowest BCUT2D eigenvalue weighted by Gasteiger charge is -2.03. The number of nitrogen functional groups attached to an aromatic ring is 1. The zero-order chi connectivity index (χ0) is 11.9. The van der Waals surface area contributed by atoms with Crippen molar-refractivity contribution < 1.29 is 0 Å². The highest BCUT2D eigenvalue weighted by Gasteiger charge is 2.14. The monoisotopic (exact) mass is 304 g/mol. The summed E-state index contributed by atoms with van der Waals surface area (Å²) in [6, 6.07) is 0. The second kappa shape index (κ2) is 4.06. The number of nitrogens with two attached hydrogens (primary N) is 1. The van der Waals surface area contributed by atoms with E-state index in [-0.39, 0.29) is 5.95 Å². The smallest absolute Gasteiger partial charge is 0.240 e. The van der Waals surface area contributed by atoms with Crippen LogP contribution in [-0.4, -0.2) is 24.5 Å². The van der Waals surface area contributed by atoms with E-state index in [2.05, 4.69) is 31.1 Å². The van der Waals surface area contributed by atoms with Gasteiger partial charge in [0.25, 0.3) is 0 Å². The van der Waals surface area contributed by atoms with Gasteiger partial charge in [-0.1, -0.05) is 11.6 Å². The van der Waals surface area contributed by atoms with Gasteiger partial charge in [-0.3, -0.25) is 4.68 Å². The quantitative estimate of drug-likeness (QED) is 0.909. The number of nitrogens with zero attached hydrogens (tertiary/aromatic N) is 5. The van der Waals surface area contributed by atoms with Crippen LogP contribution in [0.15, 0.2) is 4.73 Å². The first-order chi connectivity index (χ1) is 7.49. The van der Waals surface area contributed by atoms with E-state index in [9.17, 15) is 0 Å². The summed E-state index contributed by atoms with van der Waals surface area (Å²) >= 11 is 9.40. The van der Waals surface area contributed by atoms with Crippen molar-refractivity contribution in [2.45, 2.75) is 13.5 Å². The van der Waals surface area contributed by atoms with Crippen LogP contribution in [-0.2, 0) is 13.6 Å². The molecule has 0 aliphatic carbocycles. The Morgan fingerprint density at radius 3 is 2.56 bits per heavy atom. The number of aryl methyl sites for hydroxylation is 2. The zero-order valence-corrected chi connectivity index (χ0v) is 11.1. The third kappa shape index (κ3) is 1.92. The van der Waals surface area contributed by atoms with E-state index >= 15 is 0 Å². The fourth-order valence-electron chi connectivity index (χ4n) is 1.43. The Hall–Kier alpha value is -1.08. The molecule has 0 fully saturated rings. The number of rotatable bonds is 2.